The van der Waals surface area contributed by atoms with Gasteiger partial charge in [0.15, 0.2) is 6.29 Å². The summed E-state index contributed by atoms with van der Waals surface area (Å²) >= 11 is 5.91. The van der Waals surface area contributed by atoms with Gasteiger partial charge in [-0.2, -0.15) is 5.10 Å². The van der Waals surface area contributed by atoms with E-state index in [4.69, 9.17) is 16.7 Å². The second-order valence-corrected chi connectivity index (χ2v) is 3.29. The van der Waals surface area contributed by atoms with Crippen LogP contribution < -0.4 is 0 Å². The minimum absolute atomic E-state index is 0.164. The summed E-state index contributed by atoms with van der Waals surface area (Å²) in [7, 11) is 0. The minimum Gasteiger partial charge on any atom is -0.508 e. The van der Waals surface area contributed by atoms with Crippen LogP contribution in [-0.4, -0.2) is 21.2 Å². The molecule has 4 nitrogen and oxygen atoms in total. The SMILES string of the molecule is O=Cc1cnn(-c2ccc(O)cc2)c1Cl. The molecule has 1 aromatic heterocycles. The molecule has 1 heterocycles. The van der Waals surface area contributed by atoms with Gasteiger partial charge in [0.25, 0.3) is 0 Å². The van der Waals surface area contributed by atoms with E-state index in [0.717, 1.165) is 0 Å². The summed E-state index contributed by atoms with van der Waals surface area (Å²) in [6.45, 7) is 0. The smallest absolute Gasteiger partial charge is 0.154 e. The number of aromatic hydroxyl groups is 1. The molecular weight excluding hydrogens is 216 g/mol. The van der Waals surface area contributed by atoms with Crippen LogP contribution in [-0.2, 0) is 0 Å². The summed E-state index contributed by atoms with van der Waals surface area (Å²) in [6.07, 6.45) is 2.04. The van der Waals surface area contributed by atoms with Gasteiger partial charge in [-0.25, -0.2) is 4.68 Å². The first-order valence-electron chi connectivity index (χ1n) is 4.20. The summed E-state index contributed by atoms with van der Waals surface area (Å²) in [6, 6.07) is 6.35. The Morgan fingerprint density at radius 1 is 1.33 bits per heavy atom. The van der Waals surface area contributed by atoms with Crippen LogP contribution in [0.15, 0.2) is 30.5 Å². The fourth-order valence-electron chi connectivity index (χ4n) is 1.20. The number of hydrogen-bond donors (Lipinski definition) is 1. The molecule has 0 saturated carbocycles. The van der Waals surface area contributed by atoms with E-state index in [1.807, 2.05) is 0 Å². The minimum atomic E-state index is 0.164. The Morgan fingerprint density at radius 2 is 2.00 bits per heavy atom. The fraction of sp³-hybridized carbons (Fsp3) is 0. The van der Waals surface area contributed by atoms with E-state index in [2.05, 4.69) is 5.10 Å². The van der Waals surface area contributed by atoms with Crippen LogP contribution >= 0.6 is 11.6 Å². The normalized spacial score (nSPS) is 10.2. The van der Waals surface area contributed by atoms with Crippen molar-refractivity contribution in [3.8, 4) is 11.4 Å². The summed E-state index contributed by atoms with van der Waals surface area (Å²) in [5.74, 6) is 0.164. The van der Waals surface area contributed by atoms with Crippen molar-refractivity contribution in [3.05, 3.63) is 41.2 Å². The van der Waals surface area contributed by atoms with Gasteiger partial charge in [0.2, 0.25) is 0 Å². The first kappa shape index (κ1) is 9.73. The Hall–Kier alpha value is -1.81. The molecule has 0 saturated heterocycles. The van der Waals surface area contributed by atoms with E-state index in [-0.39, 0.29) is 10.9 Å². The Labute approximate surface area is 90.7 Å². The molecule has 0 aliphatic carbocycles. The van der Waals surface area contributed by atoms with Crippen molar-refractivity contribution in [2.45, 2.75) is 0 Å². The summed E-state index contributed by atoms with van der Waals surface area (Å²) in [4.78, 5) is 10.5. The predicted molar refractivity (Wildman–Crippen MR) is 55.6 cm³/mol. The van der Waals surface area contributed by atoms with Gasteiger partial charge in [0.05, 0.1) is 17.4 Å². The third kappa shape index (κ3) is 1.71. The van der Waals surface area contributed by atoms with Crippen molar-refractivity contribution in [2.24, 2.45) is 0 Å². The Balaban J connectivity index is 2.49. The molecule has 0 spiro atoms. The maximum Gasteiger partial charge on any atom is 0.154 e. The number of benzene rings is 1. The van der Waals surface area contributed by atoms with Gasteiger partial charge in [0, 0.05) is 0 Å². The standard InChI is InChI=1S/C10H7ClN2O2/c11-10-7(6-14)5-12-13(10)8-1-3-9(15)4-2-8/h1-6,15H. The highest BCUT2D eigenvalue weighted by atomic mass is 35.5. The second-order valence-electron chi connectivity index (χ2n) is 2.94. The van der Waals surface area contributed by atoms with E-state index < -0.39 is 0 Å². The van der Waals surface area contributed by atoms with Gasteiger partial charge in [-0.05, 0) is 24.3 Å². The van der Waals surface area contributed by atoms with Crippen molar-refractivity contribution in [1.82, 2.24) is 9.78 Å². The number of carbonyl (C=O) groups excluding carboxylic acids is 1. The number of phenolic OH excluding ortho intramolecular Hbond substituents is 1. The Bertz CT molecular complexity index is 491. The molecule has 1 N–H and O–H groups in total. The Kier molecular flexibility index (Phi) is 2.43. The van der Waals surface area contributed by atoms with Gasteiger partial charge in [0.1, 0.15) is 10.9 Å². The average Bonchev–Trinajstić information content (AvgIpc) is 2.61. The number of halogens is 1. The molecule has 0 amide bonds. The molecule has 76 valence electrons. The number of phenols is 1. The molecule has 0 fully saturated rings. The first-order valence-corrected chi connectivity index (χ1v) is 4.58. The van der Waals surface area contributed by atoms with E-state index in [1.165, 1.54) is 23.0 Å². The van der Waals surface area contributed by atoms with Crippen LogP contribution in [0.3, 0.4) is 0 Å². The number of hydrogen-bond acceptors (Lipinski definition) is 3. The molecule has 2 rings (SSSR count). The zero-order valence-electron chi connectivity index (χ0n) is 7.59. The van der Waals surface area contributed by atoms with Crippen LogP contribution in [0.4, 0.5) is 0 Å². The fourth-order valence-corrected chi connectivity index (χ4v) is 1.43. The summed E-state index contributed by atoms with van der Waals surface area (Å²) < 4.78 is 1.42. The van der Waals surface area contributed by atoms with E-state index in [9.17, 15) is 4.79 Å². The van der Waals surface area contributed by atoms with Crippen LogP contribution in [0, 0.1) is 0 Å². The van der Waals surface area contributed by atoms with Gasteiger partial charge in [-0.1, -0.05) is 11.6 Å². The number of rotatable bonds is 2. The Morgan fingerprint density at radius 3 is 2.53 bits per heavy atom. The molecule has 15 heavy (non-hydrogen) atoms. The van der Waals surface area contributed by atoms with Gasteiger partial charge in [-0.15, -0.1) is 0 Å². The van der Waals surface area contributed by atoms with Crippen LogP contribution in [0.5, 0.6) is 5.75 Å². The number of carbonyl (C=O) groups is 1. The molecule has 0 bridgehead atoms. The van der Waals surface area contributed by atoms with Crippen molar-refractivity contribution in [2.75, 3.05) is 0 Å². The van der Waals surface area contributed by atoms with Crippen LogP contribution in [0.2, 0.25) is 5.15 Å². The first-order chi connectivity index (χ1) is 7.22. The van der Waals surface area contributed by atoms with E-state index >= 15 is 0 Å². The summed E-state index contributed by atoms with van der Waals surface area (Å²) in [5, 5.41) is 13.3. The predicted octanol–water partition coefficient (Wildman–Crippen LogP) is 2.04. The third-order valence-corrected chi connectivity index (χ3v) is 2.34. The zero-order valence-corrected chi connectivity index (χ0v) is 8.35. The molecule has 5 heteroatoms. The van der Waals surface area contributed by atoms with E-state index in [1.54, 1.807) is 12.1 Å². The van der Waals surface area contributed by atoms with Crippen LogP contribution in [0.25, 0.3) is 5.69 Å². The topological polar surface area (TPSA) is 55.1 Å². The maximum atomic E-state index is 10.5. The van der Waals surface area contributed by atoms with Crippen LogP contribution in [0.1, 0.15) is 10.4 Å². The number of aromatic nitrogens is 2. The van der Waals surface area contributed by atoms with Crippen molar-refractivity contribution >= 4 is 17.9 Å². The van der Waals surface area contributed by atoms with Gasteiger partial charge >= 0.3 is 0 Å². The third-order valence-electron chi connectivity index (χ3n) is 1.96. The number of nitrogens with zero attached hydrogens (tertiary/aromatic N) is 2. The molecule has 1 aromatic carbocycles. The van der Waals surface area contributed by atoms with E-state index in [0.29, 0.717) is 17.5 Å². The monoisotopic (exact) mass is 222 g/mol. The quantitative estimate of drug-likeness (QED) is 0.792. The van der Waals surface area contributed by atoms with Crippen molar-refractivity contribution in [1.29, 1.82) is 0 Å². The lowest BCUT2D eigenvalue weighted by Gasteiger charge is -2.02. The highest BCUT2D eigenvalue weighted by Gasteiger charge is 2.08. The van der Waals surface area contributed by atoms with Crippen molar-refractivity contribution in [3.63, 3.8) is 0 Å². The molecule has 0 atom stereocenters. The molecule has 0 aliphatic rings. The molecule has 0 aliphatic heterocycles. The van der Waals surface area contributed by atoms with Gasteiger partial charge < -0.3 is 5.11 Å². The molecule has 2 aromatic rings. The molecular formula is C10H7ClN2O2. The second kappa shape index (κ2) is 3.74. The summed E-state index contributed by atoms with van der Waals surface area (Å²) in [5.41, 5.74) is 1.02. The average molecular weight is 223 g/mol. The highest BCUT2D eigenvalue weighted by Crippen LogP contribution is 2.20. The lowest BCUT2D eigenvalue weighted by molar-refractivity contribution is 0.112. The largest absolute Gasteiger partial charge is 0.508 e. The van der Waals surface area contributed by atoms with Crippen molar-refractivity contribution < 1.29 is 9.90 Å². The molecule has 0 unspecified atom stereocenters. The highest BCUT2D eigenvalue weighted by molar-refractivity contribution is 6.32. The number of aldehydes is 1. The maximum absolute atomic E-state index is 10.5. The lowest BCUT2D eigenvalue weighted by atomic mass is 10.3. The lowest BCUT2D eigenvalue weighted by Crippen LogP contribution is -1.95. The van der Waals surface area contributed by atoms with Gasteiger partial charge in [-0.3, -0.25) is 4.79 Å². The zero-order chi connectivity index (χ0) is 10.8. The molecule has 0 radical (unpaired) electrons.